The number of hydrogen-bond acceptors (Lipinski definition) is 2. The number of amides is 1. The van der Waals surface area contributed by atoms with Gasteiger partial charge in [0.2, 0.25) is 0 Å². The average molecular weight is 422 g/mol. The molecule has 6 heteroatoms. The molecule has 0 aliphatic carbocycles. The molecular formula is C23H17Cl2N3O. The molecule has 0 spiro atoms. The minimum Gasteiger partial charge on any atom is -0.347 e. The summed E-state index contributed by atoms with van der Waals surface area (Å²) < 4.78 is 1.59. The summed E-state index contributed by atoms with van der Waals surface area (Å²) in [6.45, 7) is 0.424. The van der Waals surface area contributed by atoms with Gasteiger partial charge in [-0.3, -0.25) is 4.79 Å². The highest BCUT2D eigenvalue weighted by Crippen LogP contribution is 2.27. The van der Waals surface area contributed by atoms with Crippen LogP contribution in [0.5, 0.6) is 0 Å². The topological polar surface area (TPSA) is 46.9 Å². The summed E-state index contributed by atoms with van der Waals surface area (Å²) in [7, 11) is 0. The van der Waals surface area contributed by atoms with Crippen LogP contribution in [0.3, 0.4) is 0 Å². The van der Waals surface area contributed by atoms with Gasteiger partial charge in [-0.2, -0.15) is 5.10 Å². The normalized spacial score (nSPS) is 10.7. The van der Waals surface area contributed by atoms with Gasteiger partial charge in [-0.25, -0.2) is 4.68 Å². The highest BCUT2D eigenvalue weighted by Gasteiger charge is 2.18. The first-order valence-electron chi connectivity index (χ1n) is 9.05. The summed E-state index contributed by atoms with van der Waals surface area (Å²) in [5.74, 6) is -0.227. The second-order valence-electron chi connectivity index (χ2n) is 6.46. The monoisotopic (exact) mass is 421 g/mol. The Balaban J connectivity index is 1.71. The van der Waals surface area contributed by atoms with Crippen molar-refractivity contribution < 1.29 is 4.79 Å². The minimum absolute atomic E-state index is 0.227. The number of aromatic nitrogens is 2. The van der Waals surface area contributed by atoms with E-state index in [0.717, 1.165) is 11.1 Å². The van der Waals surface area contributed by atoms with E-state index >= 15 is 0 Å². The molecule has 1 aromatic heterocycles. The zero-order valence-electron chi connectivity index (χ0n) is 15.3. The Morgan fingerprint density at radius 3 is 2.24 bits per heavy atom. The fourth-order valence-corrected chi connectivity index (χ4v) is 3.27. The number of nitrogens with one attached hydrogen (secondary N) is 1. The number of nitrogens with zero attached hydrogens (tertiary/aromatic N) is 2. The van der Waals surface area contributed by atoms with E-state index in [0.29, 0.717) is 33.7 Å². The lowest BCUT2D eigenvalue weighted by Crippen LogP contribution is -2.25. The van der Waals surface area contributed by atoms with Gasteiger partial charge < -0.3 is 5.32 Å². The molecular weight excluding hydrogens is 405 g/mol. The summed E-state index contributed by atoms with van der Waals surface area (Å²) in [6.07, 6.45) is 0. The Kier molecular flexibility index (Phi) is 5.65. The third kappa shape index (κ3) is 4.34. The molecule has 4 rings (SSSR count). The lowest BCUT2D eigenvalue weighted by Gasteiger charge is -2.09. The molecule has 144 valence electrons. The molecule has 0 bridgehead atoms. The summed E-state index contributed by atoms with van der Waals surface area (Å²) >= 11 is 12.2. The van der Waals surface area contributed by atoms with Crippen LogP contribution in [-0.4, -0.2) is 15.7 Å². The van der Waals surface area contributed by atoms with Crippen molar-refractivity contribution in [2.45, 2.75) is 6.54 Å². The maximum absolute atomic E-state index is 13.0. The first-order chi connectivity index (χ1) is 14.1. The molecule has 1 heterocycles. The lowest BCUT2D eigenvalue weighted by molar-refractivity contribution is 0.0943. The van der Waals surface area contributed by atoms with Gasteiger partial charge in [0.25, 0.3) is 5.91 Å². The van der Waals surface area contributed by atoms with E-state index in [9.17, 15) is 4.79 Å². The van der Waals surface area contributed by atoms with Crippen LogP contribution in [0.15, 0.2) is 84.9 Å². The van der Waals surface area contributed by atoms with Crippen LogP contribution in [0.2, 0.25) is 10.0 Å². The number of rotatable bonds is 5. The fourth-order valence-electron chi connectivity index (χ4n) is 2.98. The van der Waals surface area contributed by atoms with Gasteiger partial charge in [-0.15, -0.1) is 0 Å². The Morgan fingerprint density at radius 1 is 0.862 bits per heavy atom. The van der Waals surface area contributed by atoms with Gasteiger partial charge in [0.05, 0.1) is 21.4 Å². The second-order valence-corrected chi connectivity index (χ2v) is 7.27. The maximum atomic E-state index is 13.0. The van der Waals surface area contributed by atoms with E-state index in [1.807, 2.05) is 60.7 Å². The number of hydrogen-bond donors (Lipinski definition) is 1. The van der Waals surface area contributed by atoms with Crippen molar-refractivity contribution in [2.75, 3.05) is 0 Å². The first kappa shape index (κ1) is 19.2. The molecule has 3 aromatic carbocycles. The smallest absolute Gasteiger partial charge is 0.270 e. The van der Waals surface area contributed by atoms with E-state index in [-0.39, 0.29) is 5.91 Å². The maximum Gasteiger partial charge on any atom is 0.270 e. The first-order valence-corrected chi connectivity index (χ1v) is 9.80. The third-order valence-electron chi connectivity index (χ3n) is 4.46. The van der Waals surface area contributed by atoms with Gasteiger partial charge in [-0.05, 0) is 29.8 Å². The van der Waals surface area contributed by atoms with Gasteiger partial charge in [0, 0.05) is 12.1 Å². The Labute approximate surface area is 178 Å². The standard InChI is InChI=1S/C23H17Cl2N3O/c24-19-12-11-18(13-20(19)25)28-22(14-21(27-28)17-9-5-2-6-10-17)23(29)26-15-16-7-3-1-4-8-16/h1-14H,15H2,(H,26,29). The molecule has 0 unspecified atom stereocenters. The van der Waals surface area contributed by atoms with Crippen molar-refractivity contribution in [2.24, 2.45) is 0 Å². The zero-order chi connectivity index (χ0) is 20.2. The van der Waals surface area contributed by atoms with Crippen molar-refractivity contribution in [1.82, 2.24) is 15.1 Å². The number of carbonyl (C=O) groups excluding carboxylic acids is 1. The van der Waals surface area contributed by atoms with Crippen molar-refractivity contribution in [3.05, 3.63) is 106 Å². The summed E-state index contributed by atoms with van der Waals surface area (Å²) in [4.78, 5) is 13.0. The molecule has 0 saturated heterocycles. The Hall–Kier alpha value is -3.08. The van der Waals surface area contributed by atoms with Gasteiger partial charge in [0.15, 0.2) is 0 Å². The van der Waals surface area contributed by atoms with Gasteiger partial charge in [-0.1, -0.05) is 83.9 Å². The Bertz CT molecular complexity index is 1140. The molecule has 1 N–H and O–H groups in total. The average Bonchev–Trinajstić information content (AvgIpc) is 3.21. The highest BCUT2D eigenvalue weighted by molar-refractivity contribution is 6.42. The van der Waals surface area contributed by atoms with E-state index in [1.165, 1.54) is 0 Å². The molecule has 4 aromatic rings. The van der Waals surface area contributed by atoms with Crippen molar-refractivity contribution in [3.8, 4) is 16.9 Å². The van der Waals surface area contributed by atoms with Crippen LogP contribution >= 0.6 is 23.2 Å². The third-order valence-corrected chi connectivity index (χ3v) is 5.19. The summed E-state index contributed by atoms with van der Waals surface area (Å²) in [5, 5.41) is 8.45. The number of halogens is 2. The van der Waals surface area contributed by atoms with Crippen molar-refractivity contribution in [1.29, 1.82) is 0 Å². The molecule has 1 amide bonds. The molecule has 0 aliphatic heterocycles. The highest BCUT2D eigenvalue weighted by atomic mass is 35.5. The van der Waals surface area contributed by atoms with E-state index in [1.54, 1.807) is 28.9 Å². The summed E-state index contributed by atoms with van der Waals surface area (Å²) in [5.41, 5.74) is 3.71. The molecule has 0 fully saturated rings. The molecule has 0 atom stereocenters. The minimum atomic E-state index is -0.227. The molecule has 0 saturated carbocycles. The molecule has 0 radical (unpaired) electrons. The molecule has 4 nitrogen and oxygen atoms in total. The van der Waals surface area contributed by atoms with Crippen molar-refractivity contribution >= 4 is 29.1 Å². The van der Waals surface area contributed by atoms with Crippen LogP contribution < -0.4 is 5.32 Å². The zero-order valence-corrected chi connectivity index (χ0v) is 16.9. The second kappa shape index (κ2) is 8.52. The number of benzene rings is 3. The lowest BCUT2D eigenvalue weighted by atomic mass is 10.1. The SMILES string of the molecule is O=C(NCc1ccccc1)c1cc(-c2ccccc2)nn1-c1ccc(Cl)c(Cl)c1. The fraction of sp³-hybridized carbons (Fsp3) is 0.0435. The van der Waals surface area contributed by atoms with Crippen LogP contribution in [0.25, 0.3) is 16.9 Å². The van der Waals surface area contributed by atoms with Gasteiger partial charge >= 0.3 is 0 Å². The van der Waals surface area contributed by atoms with E-state index in [2.05, 4.69) is 10.4 Å². The quantitative estimate of drug-likeness (QED) is 0.444. The number of carbonyl (C=O) groups is 1. The van der Waals surface area contributed by atoms with E-state index in [4.69, 9.17) is 23.2 Å². The van der Waals surface area contributed by atoms with Crippen molar-refractivity contribution in [3.63, 3.8) is 0 Å². The molecule has 0 aliphatic rings. The van der Waals surface area contributed by atoms with Crippen LogP contribution in [0, 0.1) is 0 Å². The summed E-state index contributed by atoms with van der Waals surface area (Å²) in [6, 6.07) is 26.4. The largest absolute Gasteiger partial charge is 0.347 e. The van der Waals surface area contributed by atoms with Crippen LogP contribution in [-0.2, 0) is 6.54 Å². The van der Waals surface area contributed by atoms with E-state index < -0.39 is 0 Å². The van der Waals surface area contributed by atoms with Crippen LogP contribution in [0.1, 0.15) is 16.1 Å². The molecule has 29 heavy (non-hydrogen) atoms. The Morgan fingerprint density at radius 2 is 1.55 bits per heavy atom. The predicted octanol–water partition coefficient (Wildman–Crippen LogP) is 5.78. The van der Waals surface area contributed by atoms with Gasteiger partial charge in [0.1, 0.15) is 5.69 Å². The predicted molar refractivity (Wildman–Crippen MR) is 117 cm³/mol. The van der Waals surface area contributed by atoms with Crippen LogP contribution in [0.4, 0.5) is 0 Å².